The zero-order valence-electron chi connectivity index (χ0n) is 14.1. The van der Waals surface area contributed by atoms with Gasteiger partial charge in [0.2, 0.25) is 0 Å². The van der Waals surface area contributed by atoms with Crippen LogP contribution in [0, 0.1) is 0 Å². The number of fused-ring (bicyclic) bond motifs is 1. The molecule has 0 saturated carbocycles. The van der Waals surface area contributed by atoms with Crippen molar-refractivity contribution in [3.8, 4) is 28.1 Å². The van der Waals surface area contributed by atoms with Crippen molar-refractivity contribution >= 4 is 22.5 Å². The smallest absolute Gasteiger partial charge is 0.119 e. The minimum absolute atomic E-state index is 0. The van der Waals surface area contributed by atoms with E-state index in [1.807, 2.05) is 60.7 Å². The van der Waals surface area contributed by atoms with Gasteiger partial charge in [-0.05, 0) is 47.5 Å². The number of aromatic nitrogens is 1. The molecule has 0 aliphatic carbocycles. The molecule has 26 heavy (non-hydrogen) atoms. The van der Waals surface area contributed by atoms with Crippen molar-refractivity contribution < 1.29 is 17.1 Å². The fourth-order valence-corrected chi connectivity index (χ4v) is 3.16. The molecule has 3 aromatic carbocycles. The van der Waals surface area contributed by atoms with Crippen LogP contribution in [0.1, 0.15) is 0 Å². The van der Waals surface area contributed by atoms with Crippen LogP contribution in [0.4, 0.5) is 0 Å². The first-order valence-electron chi connectivity index (χ1n) is 8.05. The molecule has 130 valence electrons. The SMILES string of the molecule is COc1cccc(-c2cc(-c3ccccc3)c3cc(Cl)ccc3n2)c1.[Cl-]. The van der Waals surface area contributed by atoms with Crippen LogP contribution in [0.3, 0.4) is 0 Å². The van der Waals surface area contributed by atoms with Gasteiger partial charge >= 0.3 is 0 Å². The van der Waals surface area contributed by atoms with Gasteiger partial charge in [0.15, 0.2) is 0 Å². The fraction of sp³-hybridized carbons (Fsp3) is 0.0455. The van der Waals surface area contributed by atoms with E-state index in [0.717, 1.165) is 39.0 Å². The van der Waals surface area contributed by atoms with E-state index in [9.17, 15) is 0 Å². The van der Waals surface area contributed by atoms with E-state index in [1.165, 1.54) is 0 Å². The topological polar surface area (TPSA) is 22.1 Å². The number of halogens is 2. The van der Waals surface area contributed by atoms with Crippen LogP contribution in [-0.4, -0.2) is 12.1 Å². The molecule has 0 aliphatic heterocycles. The second-order valence-electron chi connectivity index (χ2n) is 5.81. The number of ether oxygens (including phenoxy) is 1. The van der Waals surface area contributed by atoms with E-state index in [1.54, 1.807) is 7.11 Å². The van der Waals surface area contributed by atoms with Crippen LogP contribution in [0.25, 0.3) is 33.3 Å². The van der Waals surface area contributed by atoms with E-state index in [4.69, 9.17) is 21.3 Å². The average Bonchev–Trinajstić information content (AvgIpc) is 2.68. The summed E-state index contributed by atoms with van der Waals surface area (Å²) < 4.78 is 5.35. The molecule has 0 spiro atoms. The Morgan fingerprint density at radius 3 is 2.35 bits per heavy atom. The monoisotopic (exact) mass is 380 g/mol. The Hall–Kier alpha value is -2.55. The van der Waals surface area contributed by atoms with Crippen molar-refractivity contribution in [2.24, 2.45) is 0 Å². The van der Waals surface area contributed by atoms with E-state index >= 15 is 0 Å². The highest BCUT2D eigenvalue weighted by Gasteiger charge is 2.10. The molecule has 0 fully saturated rings. The molecule has 0 unspecified atom stereocenters. The highest BCUT2D eigenvalue weighted by molar-refractivity contribution is 6.31. The van der Waals surface area contributed by atoms with Gasteiger partial charge in [0.05, 0.1) is 18.3 Å². The first kappa shape index (κ1) is 18.2. The van der Waals surface area contributed by atoms with Gasteiger partial charge in [0, 0.05) is 16.0 Å². The number of benzene rings is 3. The summed E-state index contributed by atoms with van der Waals surface area (Å²) in [4.78, 5) is 4.83. The van der Waals surface area contributed by atoms with Gasteiger partial charge in [-0.15, -0.1) is 0 Å². The van der Waals surface area contributed by atoms with Gasteiger partial charge in [-0.3, -0.25) is 0 Å². The van der Waals surface area contributed by atoms with Gasteiger partial charge in [-0.1, -0.05) is 54.1 Å². The Balaban J connectivity index is 0.00000196. The van der Waals surface area contributed by atoms with Crippen LogP contribution in [0.2, 0.25) is 5.02 Å². The Labute approximate surface area is 163 Å². The molecule has 0 radical (unpaired) electrons. The van der Waals surface area contributed by atoms with Gasteiger partial charge in [0.25, 0.3) is 0 Å². The highest BCUT2D eigenvalue weighted by Crippen LogP contribution is 2.34. The zero-order chi connectivity index (χ0) is 17.2. The van der Waals surface area contributed by atoms with Crippen LogP contribution in [-0.2, 0) is 0 Å². The summed E-state index contributed by atoms with van der Waals surface area (Å²) in [6.07, 6.45) is 0. The average molecular weight is 381 g/mol. The summed E-state index contributed by atoms with van der Waals surface area (Å²) in [6, 6.07) is 26.2. The Morgan fingerprint density at radius 2 is 1.58 bits per heavy atom. The number of methoxy groups -OCH3 is 1. The molecule has 0 N–H and O–H groups in total. The Kier molecular flexibility index (Phi) is 5.46. The van der Waals surface area contributed by atoms with Gasteiger partial charge in [-0.2, -0.15) is 0 Å². The van der Waals surface area contributed by atoms with E-state index in [2.05, 4.69) is 18.2 Å². The first-order chi connectivity index (χ1) is 12.2. The van der Waals surface area contributed by atoms with Crippen molar-refractivity contribution in [3.63, 3.8) is 0 Å². The summed E-state index contributed by atoms with van der Waals surface area (Å²) >= 11 is 6.23. The van der Waals surface area contributed by atoms with Crippen molar-refractivity contribution in [1.82, 2.24) is 4.98 Å². The highest BCUT2D eigenvalue weighted by atomic mass is 35.5. The molecule has 2 nitrogen and oxygen atoms in total. The number of rotatable bonds is 3. The fourth-order valence-electron chi connectivity index (χ4n) is 2.98. The molecular formula is C22H16Cl2NO-. The normalized spacial score (nSPS) is 10.4. The lowest BCUT2D eigenvalue weighted by molar-refractivity contribution is -0.00000512. The minimum Gasteiger partial charge on any atom is -1.00 e. The Bertz CT molecular complexity index is 1050. The maximum atomic E-state index is 6.23. The molecular weight excluding hydrogens is 365 g/mol. The van der Waals surface area contributed by atoms with E-state index in [0.29, 0.717) is 5.02 Å². The minimum atomic E-state index is 0. The summed E-state index contributed by atoms with van der Waals surface area (Å²) in [5.41, 5.74) is 5.11. The lowest BCUT2D eigenvalue weighted by Crippen LogP contribution is -3.00. The second kappa shape index (κ2) is 7.77. The summed E-state index contributed by atoms with van der Waals surface area (Å²) in [7, 11) is 1.67. The molecule has 4 aromatic rings. The van der Waals surface area contributed by atoms with Gasteiger partial charge in [-0.25, -0.2) is 4.98 Å². The summed E-state index contributed by atoms with van der Waals surface area (Å²) in [5.74, 6) is 0.816. The van der Waals surface area contributed by atoms with E-state index < -0.39 is 0 Å². The molecule has 0 amide bonds. The predicted octanol–water partition coefficient (Wildman–Crippen LogP) is 3.23. The molecule has 0 bridgehead atoms. The maximum absolute atomic E-state index is 6.23. The second-order valence-corrected chi connectivity index (χ2v) is 6.25. The van der Waals surface area contributed by atoms with Crippen molar-refractivity contribution in [2.75, 3.05) is 7.11 Å². The lowest BCUT2D eigenvalue weighted by Gasteiger charge is -2.11. The maximum Gasteiger partial charge on any atom is 0.119 e. The number of nitrogens with zero attached hydrogens (tertiary/aromatic N) is 1. The number of hydrogen-bond acceptors (Lipinski definition) is 2. The third kappa shape index (κ3) is 3.52. The predicted molar refractivity (Wildman–Crippen MR) is 104 cm³/mol. The Morgan fingerprint density at radius 1 is 0.808 bits per heavy atom. The third-order valence-electron chi connectivity index (χ3n) is 4.22. The lowest BCUT2D eigenvalue weighted by atomic mass is 9.98. The van der Waals surface area contributed by atoms with Crippen molar-refractivity contribution in [2.45, 2.75) is 0 Å². The zero-order valence-corrected chi connectivity index (χ0v) is 15.6. The first-order valence-corrected chi connectivity index (χ1v) is 8.42. The molecule has 1 heterocycles. The molecule has 0 aliphatic rings. The van der Waals surface area contributed by atoms with Crippen molar-refractivity contribution in [3.05, 3.63) is 83.9 Å². The molecule has 4 heteroatoms. The van der Waals surface area contributed by atoms with Crippen LogP contribution < -0.4 is 17.1 Å². The quantitative estimate of drug-likeness (QED) is 0.544. The van der Waals surface area contributed by atoms with Gasteiger partial charge < -0.3 is 17.1 Å². The summed E-state index contributed by atoms with van der Waals surface area (Å²) in [5, 5.41) is 1.76. The van der Waals surface area contributed by atoms with Crippen LogP contribution in [0.15, 0.2) is 78.9 Å². The van der Waals surface area contributed by atoms with Gasteiger partial charge in [0.1, 0.15) is 5.75 Å². The largest absolute Gasteiger partial charge is 1.00 e. The standard InChI is InChI=1S/C22H16ClNO.ClH/c1-25-18-9-5-8-16(12-18)22-14-19(15-6-3-2-4-7-15)20-13-17(23)10-11-21(20)24-22;/h2-14H,1H3;1H/p-1. The number of pyridine rings is 1. The molecule has 0 saturated heterocycles. The molecule has 1 aromatic heterocycles. The third-order valence-corrected chi connectivity index (χ3v) is 4.46. The van der Waals surface area contributed by atoms with Crippen molar-refractivity contribution in [1.29, 1.82) is 0 Å². The van der Waals surface area contributed by atoms with Crippen LogP contribution >= 0.6 is 11.6 Å². The molecule has 0 atom stereocenters. The van der Waals surface area contributed by atoms with Crippen LogP contribution in [0.5, 0.6) is 5.75 Å². The van der Waals surface area contributed by atoms with E-state index in [-0.39, 0.29) is 12.4 Å². The number of hydrogen-bond donors (Lipinski definition) is 0. The molecule has 4 rings (SSSR count). The summed E-state index contributed by atoms with van der Waals surface area (Å²) in [6.45, 7) is 0.